The van der Waals surface area contributed by atoms with E-state index in [4.69, 9.17) is 0 Å². The molecule has 0 saturated carbocycles. The molecule has 1 aliphatic carbocycles. The van der Waals surface area contributed by atoms with E-state index in [0.717, 1.165) is 5.70 Å². The van der Waals surface area contributed by atoms with Gasteiger partial charge in [-0.15, -0.1) is 0 Å². The molecular weight excluding hydrogens is 166 g/mol. The molecule has 0 aromatic heterocycles. The van der Waals surface area contributed by atoms with Crippen LogP contribution in [0.1, 0.15) is 0 Å². The van der Waals surface area contributed by atoms with Gasteiger partial charge >= 0.3 is 0 Å². The van der Waals surface area contributed by atoms with E-state index in [-0.39, 0.29) is 11.0 Å². The molecule has 0 spiro atoms. The molecular formula is C10H13NO2. The van der Waals surface area contributed by atoms with Crippen molar-refractivity contribution in [2.45, 2.75) is 0 Å². The summed E-state index contributed by atoms with van der Waals surface area (Å²) in [6.07, 6.45) is 16.3. The van der Waals surface area contributed by atoms with Crippen LogP contribution in [0.2, 0.25) is 0 Å². The molecule has 70 valence electrons. The summed E-state index contributed by atoms with van der Waals surface area (Å²) in [7, 11) is 0. The Labute approximate surface area is 77.1 Å². The minimum Gasteiger partial charge on any atom is -0.412 e. The van der Waals surface area contributed by atoms with Gasteiger partial charge in [0.1, 0.15) is 0 Å². The van der Waals surface area contributed by atoms with E-state index < -0.39 is 0 Å². The van der Waals surface area contributed by atoms with Crippen LogP contribution in [-0.2, 0) is 0 Å². The zero-order valence-electron chi connectivity index (χ0n) is 7.12. The van der Waals surface area contributed by atoms with Crippen LogP contribution in [0, 0.1) is 0 Å². The number of nitrogens with one attached hydrogen (secondary N) is 1. The first-order chi connectivity index (χ1) is 5.47. The van der Waals surface area contributed by atoms with E-state index in [1.165, 1.54) is 5.57 Å². The highest BCUT2D eigenvalue weighted by atomic mass is 16.0. The van der Waals surface area contributed by atoms with E-state index in [1.807, 2.05) is 30.5 Å². The van der Waals surface area contributed by atoms with Crippen LogP contribution in [0.3, 0.4) is 0 Å². The molecule has 0 atom stereocenters. The summed E-state index contributed by atoms with van der Waals surface area (Å²) < 4.78 is 0. The summed E-state index contributed by atoms with van der Waals surface area (Å²) in [4.78, 5) is 0. The van der Waals surface area contributed by atoms with Crippen LogP contribution in [0.25, 0.3) is 0 Å². The van der Waals surface area contributed by atoms with E-state index >= 15 is 0 Å². The second-order valence-electron chi connectivity index (χ2n) is 2.45. The Bertz CT molecular complexity index is 309. The average Bonchev–Trinajstić information content (AvgIpc) is 2.28. The lowest BCUT2D eigenvalue weighted by atomic mass is 10.1. The lowest BCUT2D eigenvalue weighted by Gasteiger charge is -2.09. The molecule has 5 N–H and O–H groups in total. The van der Waals surface area contributed by atoms with Crippen molar-refractivity contribution >= 4 is 0 Å². The van der Waals surface area contributed by atoms with Gasteiger partial charge in [-0.2, -0.15) is 0 Å². The average molecular weight is 179 g/mol. The van der Waals surface area contributed by atoms with Gasteiger partial charge in [0.2, 0.25) is 0 Å². The largest absolute Gasteiger partial charge is 0.412 e. The van der Waals surface area contributed by atoms with Crippen molar-refractivity contribution in [3.05, 3.63) is 60.0 Å². The third-order valence-electron chi connectivity index (χ3n) is 1.68. The first-order valence-corrected chi connectivity index (χ1v) is 3.65. The van der Waals surface area contributed by atoms with Crippen LogP contribution in [0.15, 0.2) is 60.0 Å². The molecule has 0 fully saturated rings. The SMILES string of the molecule is C1=CC=C2NC=CC=C2C=C1.O.O. The molecule has 0 aromatic rings. The highest BCUT2D eigenvalue weighted by Crippen LogP contribution is 2.14. The lowest BCUT2D eigenvalue weighted by molar-refractivity contribution is 0.823. The fraction of sp³-hybridized carbons (Fsp3) is 0. The Hall–Kier alpha value is -1.58. The highest BCUT2D eigenvalue weighted by molar-refractivity contribution is 5.48. The maximum absolute atomic E-state index is 3.17. The summed E-state index contributed by atoms with van der Waals surface area (Å²) in [6, 6.07) is 0. The normalized spacial score (nSPS) is 16.6. The molecule has 3 nitrogen and oxygen atoms in total. The zero-order valence-corrected chi connectivity index (χ0v) is 7.12. The summed E-state index contributed by atoms with van der Waals surface area (Å²) in [5, 5.41) is 3.17. The molecule has 0 saturated heterocycles. The van der Waals surface area contributed by atoms with Gasteiger partial charge in [0.05, 0.1) is 0 Å². The summed E-state index contributed by atoms with van der Waals surface area (Å²) in [5.74, 6) is 0. The van der Waals surface area contributed by atoms with Crippen LogP contribution in [0.4, 0.5) is 0 Å². The number of dihydropyridines is 1. The van der Waals surface area contributed by atoms with Gasteiger partial charge in [-0.25, -0.2) is 0 Å². The third kappa shape index (κ3) is 2.43. The Morgan fingerprint density at radius 3 is 2.54 bits per heavy atom. The Kier molecular flexibility index (Phi) is 4.51. The van der Waals surface area contributed by atoms with Gasteiger partial charge in [-0.3, -0.25) is 0 Å². The maximum Gasteiger partial charge on any atom is 0.0453 e. The fourth-order valence-electron chi connectivity index (χ4n) is 1.13. The second kappa shape index (κ2) is 5.13. The van der Waals surface area contributed by atoms with Crippen LogP contribution in [0.5, 0.6) is 0 Å². The predicted octanol–water partition coefficient (Wildman–Crippen LogP) is 0.390. The van der Waals surface area contributed by atoms with Crippen LogP contribution in [-0.4, -0.2) is 11.0 Å². The lowest BCUT2D eigenvalue weighted by Crippen LogP contribution is -2.08. The molecule has 0 amide bonds. The van der Waals surface area contributed by atoms with Gasteiger partial charge < -0.3 is 16.3 Å². The second-order valence-corrected chi connectivity index (χ2v) is 2.45. The van der Waals surface area contributed by atoms with E-state index in [0.29, 0.717) is 0 Å². The summed E-state index contributed by atoms with van der Waals surface area (Å²) in [6.45, 7) is 0. The summed E-state index contributed by atoms with van der Waals surface area (Å²) in [5.41, 5.74) is 2.40. The molecule has 0 radical (unpaired) electrons. The molecule has 13 heavy (non-hydrogen) atoms. The number of allylic oxidation sites excluding steroid dienone is 7. The number of rotatable bonds is 0. The van der Waals surface area contributed by atoms with Crippen molar-refractivity contribution in [1.82, 2.24) is 5.32 Å². The van der Waals surface area contributed by atoms with Crippen molar-refractivity contribution in [1.29, 1.82) is 0 Å². The quantitative estimate of drug-likeness (QED) is 0.573. The van der Waals surface area contributed by atoms with E-state index in [1.54, 1.807) is 0 Å². The standard InChI is InChI=1S/C10H9N.2H2O/c1-2-5-9-6-4-8-11-10(9)7-3-1;;/h1-8,11H;2*1H2. The van der Waals surface area contributed by atoms with E-state index in [9.17, 15) is 0 Å². The minimum atomic E-state index is 0. The van der Waals surface area contributed by atoms with Crippen molar-refractivity contribution in [2.24, 2.45) is 0 Å². The van der Waals surface area contributed by atoms with Crippen LogP contribution < -0.4 is 5.32 Å². The minimum absolute atomic E-state index is 0. The number of fused-ring (bicyclic) bond motifs is 1. The molecule has 3 heteroatoms. The molecule has 0 unspecified atom stereocenters. The first kappa shape index (κ1) is 11.4. The number of hydrogen-bond acceptors (Lipinski definition) is 1. The monoisotopic (exact) mass is 179 g/mol. The molecule has 1 heterocycles. The molecule has 2 aliphatic rings. The molecule has 0 bridgehead atoms. The number of hydrogen-bond donors (Lipinski definition) is 1. The Morgan fingerprint density at radius 1 is 0.846 bits per heavy atom. The first-order valence-electron chi connectivity index (χ1n) is 3.65. The van der Waals surface area contributed by atoms with Gasteiger partial charge in [-0.05, 0) is 17.7 Å². The molecule has 2 rings (SSSR count). The Balaban J connectivity index is 0.000000720. The topological polar surface area (TPSA) is 75.0 Å². The van der Waals surface area contributed by atoms with Crippen molar-refractivity contribution in [3.63, 3.8) is 0 Å². The van der Waals surface area contributed by atoms with Crippen molar-refractivity contribution < 1.29 is 11.0 Å². The third-order valence-corrected chi connectivity index (χ3v) is 1.68. The Morgan fingerprint density at radius 2 is 1.69 bits per heavy atom. The van der Waals surface area contributed by atoms with E-state index in [2.05, 4.69) is 23.5 Å². The highest BCUT2D eigenvalue weighted by Gasteiger charge is 2.01. The predicted molar refractivity (Wildman–Crippen MR) is 53.9 cm³/mol. The van der Waals surface area contributed by atoms with Crippen molar-refractivity contribution in [2.75, 3.05) is 0 Å². The van der Waals surface area contributed by atoms with Gasteiger partial charge in [0.25, 0.3) is 0 Å². The molecule has 1 aliphatic heterocycles. The zero-order chi connectivity index (χ0) is 7.52. The smallest absolute Gasteiger partial charge is 0.0453 e. The van der Waals surface area contributed by atoms with Gasteiger partial charge in [0.15, 0.2) is 0 Å². The van der Waals surface area contributed by atoms with Crippen LogP contribution >= 0.6 is 0 Å². The van der Waals surface area contributed by atoms with Gasteiger partial charge in [-0.1, -0.05) is 30.4 Å². The summed E-state index contributed by atoms with van der Waals surface area (Å²) >= 11 is 0. The maximum atomic E-state index is 3.17. The molecule has 0 aromatic carbocycles. The van der Waals surface area contributed by atoms with Gasteiger partial charge in [0, 0.05) is 11.9 Å². The van der Waals surface area contributed by atoms with Crippen molar-refractivity contribution in [3.8, 4) is 0 Å². The fourth-order valence-corrected chi connectivity index (χ4v) is 1.13.